The van der Waals surface area contributed by atoms with Gasteiger partial charge in [-0.15, -0.1) is 0 Å². The van der Waals surface area contributed by atoms with Gasteiger partial charge in [-0.1, -0.05) is 6.07 Å². The molecule has 0 aliphatic carbocycles. The molecule has 0 atom stereocenters. The van der Waals surface area contributed by atoms with Crippen molar-refractivity contribution < 1.29 is 23.7 Å². The van der Waals surface area contributed by atoms with Crippen LogP contribution in [0.5, 0.6) is 11.5 Å². The normalized spacial score (nSPS) is 10.2. The van der Waals surface area contributed by atoms with E-state index in [1.807, 2.05) is 12.1 Å². The fourth-order valence-electron chi connectivity index (χ4n) is 1.54. The lowest BCUT2D eigenvalue weighted by molar-refractivity contribution is -0.142. The van der Waals surface area contributed by atoms with Crippen molar-refractivity contribution in [2.75, 3.05) is 41.1 Å². The molecule has 6 nitrogen and oxygen atoms in total. The summed E-state index contributed by atoms with van der Waals surface area (Å²) in [7, 11) is 4.56. The van der Waals surface area contributed by atoms with Gasteiger partial charge < -0.3 is 24.3 Å². The predicted molar refractivity (Wildman–Crippen MR) is 74.1 cm³/mol. The average Bonchev–Trinajstić information content (AvgIpc) is 2.49. The lowest BCUT2D eigenvalue weighted by atomic mass is 10.2. The zero-order chi connectivity index (χ0) is 14.8. The molecule has 0 saturated heterocycles. The van der Waals surface area contributed by atoms with Gasteiger partial charge in [0, 0.05) is 31.8 Å². The van der Waals surface area contributed by atoms with Crippen molar-refractivity contribution in [2.45, 2.75) is 6.54 Å². The SMILES string of the molecule is COCCNCc1ccc(OC)cc1OCC(=O)OC. The molecule has 1 aromatic rings. The van der Waals surface area contributed by atoms with Crippen LogP contribution in [0.4, 0.5) is 0 Å². The second kappa shape index (κ2) is 9.17. The van der Waals surface area contributed by atoms with Gasteiger partial charge in [0.05, 0.1) is 20.8 Å². The molecule has 1 N–H and O–H groups in total. The maximum absolute atomic E-state index is 11.1. The zero-order valence-corrected chi connectivity index (χ0v) is 12.1. The molecular formula is C14H21NO5. The lowest BCUT2D eigenvalue weighted by Crippen LogP contribution is -2.20. The van der Waals surface area contributed by atoms with Gasteiger partial charge in [0.1, 0.15) is 11.5 Å². The maximum atomic E-state index is 11.1. The summed E-state index contributed by atoms with van der Waals surface area (Å²) in [5, 5.41) is 3.22. The Hall–Kier alpha value is -1.79. The smallest absolute Gasteiger partial charge is 0.343 e. The molecule has 0 aliphatic rings. The Kier molecular flexibility index (Phi) is 7.46. The number of esters is 1. The van der Waals surface area contributed by atoms with E-state index in [1.54, 1.807) is 20.3 Å². The Bertz CT molecular complexity index is 422. The first kappa shape index (κ1) is 16.3. The van der Waals surface area contributed by atoms with Gasteiger partial charge >= 0.3 is 5.97 Å². The van der Waals surface area contributed by atoms with Crippen LogP contribution < -0.4 is 14.8 Å². The van der Waals surface area contributed by atoms with Gasteiger partial charge in [-0.05, 0) is 6.07 Å². The van der Waals surface area contributed by atoms with Crippen LogP contribution in [0.25, 0.3) is 0 Å². The highest BCUT2D eigenvalue weighted by molar-refractivity contribution is 5.71. The van der Waals surface area contributed by atoms with Crippen LogP contribution in [0, 0.1) is 0 Å². The van der Waals surface area contributed by atoms with E-state index in [4.69, 9.17) is 14.2 Å². The monoisotopic (exact) mass is 283 g/mol. The lowest BCUT2D eigenvalue weighted by Gasteiger charge is -2.13. The van der Waals surface area contributed by atoms with E-state index < -0.39 is 5.97 Å². The van der Waals surface area contributed by atoms with Crippen LogP contribution in [-0.4, -0.2) is 47.1 Å². The van der Waals surface area contributed by atoms with Gasteiger partial charge in [0.2, 0.25) is 0 Å². The van der Waals surface area contributed by atoms with Crippen LogP contribution >= 0.6 is 0 Å². The molecule has 0 spiro atoms. The highest BCUT2D eigenvalue weighted by Gasteiger charge is 2.08. The minimum absolute atomic E-state index is 0.130. The molecule has 1 aromatic carbocycles. The third-order valence-corrected chi connectivity index (χ3v) is 2.65. The standard InChI is InChI=1S/C14H21NO5/c1-17-7-6-15-9-11-4-5-12(18-2)8-13(11)20-10-14(16)19-3/h4-5,8,15H,6-7,9-10H2,1-3H3. The topological polar surface area (TPSA) is 66.0 Å². The Balaban J connectivity index is 2.67. The van der Waals surface area contributed by atoms with Crippen LogP contribution in [0.15, 0.2) is 18.2 Å². The predicted octanol–water partition coefficient (Wildman–Crippen LogP) is 0.983. The first-order valence-corrected chi connectivity index (χ1v) is 6.27. The molecule has 0 heterocycles. The second-order valence-corrected chi connectivity index (χ2v) is 4.01. The second-order valence-electron chi connectivity index (χ2n) is 4.01. The van der Waals surface area contributed by atoms with Crippen molar-refractivity contribution in [1.82, 2.24) is 5.32 Å². The molecular weight excluding hydrogens is 262 g/mol. The molecule has 0 fully saturated rings. The quantitative estimate of drug-likeness (QED) is 0.538. The Morgan fingerprint density at radius 1 is 1.25 bits per heavy atom. The van der Waals surface area contributed by atoms with Gasteiger partial charge in [-0.2, -0.15) is 0 Å². The summed E-state index contributed by atoms with van der Waals surface area (Å²) in [6.45, 7) is 1.85. The fraction of sp³-hybridized carbons (Fsp3) is 0.500. The Morgan fingerprint density at radius 3 is 2.70 bits per heavy atom. The summed E-state index contributed by atoms with van der Waals surface area (Å²) in [5.74, 6) is 0.844. The van der Waals surface area contributed by atoms with E-state index in [-0.39, 0.29) is 6.61 Å². The highest BCUT2D eigenvalue weighted by Crippen LogP contribution is 2.24. The number of hydrogen-bond acceptors (Lipinski definition) is 6. The average molecular weight is 283 g/mol. The Morgan fingerprint density at radius 2 is 2.05 bits per heavy atom. The summed E-state index contributed by atoms with van der Waals surface area (Å²) in [6.07, 6.45) is 0. The van der Waals surface area contributed by atoms with Gasteiger partial charge in [-0.3, -0.25) is 0 Å². The molecule has 20 heavy (non-hydrogen) atoms. The Labute approximate surface area is 119 Å². The number of rotatable bonds is 9. The van der Waals surface area contributed by atoms with E-state index in [1.165, 1.54) is 7.11 Å². The van der Waals surface area contributed by atoms with Crippen LogP contribution in [0.2, 0.25) is 0 Å². The molecule has 0 unspecified atom stereocenters. The first-order chi connectivity index (χ1) is 9.71. The van der Waals surface area contributed by atoms with E-state index in [9.17, 15) is 4.79 Å². The van der Waals surface area contributed by atoms with Crippen molar-refractivity contribution in [3.63, 3.8) is 0 Å². The van der Waals surface area contributed by atoms with Crippen LogP contribution in [-0.2, 0) is 20.8 Å². The molecule has 0 saturated carbocycles. The third kappa shape index (κ3) is 5.46. The van der Waals surface area contributed by atoms with Crippen LogP contribution in [0.3, 0.4) is 0 Å². The summed E-state index contributed by atoms with van der Waals surface area (Å²) in [6, 6.07) is 5.49. The van der Waals surface area contributed by atoms with Crippen LogP contribution in [0.1, 0.15) is 5.56 Å². The van der Waals surface area contributed by atoms with Gasteiger partial charge in [0.15, 0.2) is 6.61 Å². The molecule has 6 heteroatoms. The maximum Gasteiger partial charge on any atom is 0.343 e. The molecule has 0 bridgehead atoms. The van der Waals surface area contributed by atoms with Crippen molar-refractivity contribution in [1.29, 1.82) is 0 Å². The number of benzene rings is 1. The van der Waals surface area contributed by atoms with E-state index in [0.717, 1.165) is 12.1 Å². The largest absolute Gasteiger partial charge is 0.497 e. The first-order valence-electron chi connectivity index (χ1n) is 6.27. The summed E-state index contributed by atoms with van der Waals surface area (Å²) < 4.78 is 20.1. The molecule has 0 aromatic heterocycles. The van der Waals surface area contributed by atoms with Crippen molar-refractivity contribution in [3.05, 3.63) is 23.8 Å². The molecule has 0 amide bonds. The van der Waals surface area contributed by atoms with E-state index in [0.29, 0.717) is 24.7 Å². The van der Waals surface area contributed by atoms with Gasteiger partial charge in [-0.25, -0.2) is 4.79 Å². The van der Waals surface area contributed by atoms with Crippen molar-refractivity contribution in [2.24, 2.45) is 0 Å². The van der Waals surface area contributed by atoms with E-state index >= 15 is 0 Å². The fourth-order valence-corrected chi connectivity index (χ4v) is 1.54. The van der Waals surface area contributed by atoms with Crippen molar-refractivity contribution >= 4 is 5.97 Å². The number of hydrogen-bond donors (Lipinski definition) is 1. The third-order valence-electron chi connectivity index (χ3n) is 2.65. The summed E-state index contributed by atoms with van der Waals surface area (Å²) in [5.41, 5.74) is 0.936. The minimum Gasteiger partial charge on any atom is -0.497 e. The molecule has 1 rings (SSSR count). The summed E-state index contributed by atoms with van der Waals surface area (Å²) in [4.78, 5) is 11.1. The number of carbonyl (C=O) groups is 1. The van der Waals surface area contributed by atoms with Crippen molar-refractivity contribution in [3.8, 4) is 11.5 Å². The number of carbonyl (C=O) groups excluding carboxylic acids is 1. The van der Waals surface area contributed by atoms with Gasteiger partial charge in [0.25, 0.3) is 0 Å². The number of ether oxygens (including phenoxy) is 4. The molecule has 0 radical (unpaired) electrons. The number of methoxy groups -OCH3 is 3. The van der Waals surface area contributed by atoms with E-state index in [2.05, 4.69) is 10.1 Å². The zero-order valence-electron chi connectivity index (χ0n) is 12.1. The highest BCUT2D eigenvalue weighted by atomic mass is 16.6. The molecule has 0 aliphatic heterocycles. The number of nitrogens with one attached hydrogen (secondary N) is 1. The molecule has 112 valence electrons. The minimum atomic E-state index is -0.425. The summed E-state index contributed by atoms with van der Waals surface area (Å²) >= 11 is 0.